The van der Waals surface area contributed by atoms with Crippen LogP contribution in [-0.4, -0.2) is 36.9 Å². The van der Waals surface area contributed by atoms with Gasteiger partial charge in [-0.1, -0.05) is 41.1 Å². The van der Waals surface area contributed by atoms with Crippen molar-refractivity contribution in [2.45, 2.75) is 45.4 Å². The summed E-state index contributed by atoms with van der Waals surface area (Å²) in [7, 11) is -3.97. The van der Waals surface area contributed by atoms with E-state index >= 15 is 0 Å². The molecule has 2 aromatic carbocycles. The number of aryl methyl sites for hydroxylation is 4. The van der Waals surface area contributed by atoms with Crippen molar-refractivity contribution >= 4 is 33.8 Å². The summed E-state index contributed by atoms with van der Waals surface area (Å²) in [5.41, 5.74) is 4.18. The maximum Gasteiger partial charge on any atom is 0.248 e. The van der Waals surface area contributed by atoms with Gasteiger partial charge in [-0.15, -0.1) is 0 Å². The molecule has 1 saturated heterocycles. The zero-order valence-corrected chi connectivity index (χ0v) is 21.7. The standard InChI is InChI=1S/C27H30FN3O4S/c1-17-7-8-18(2)21(14-17)10-12-25-26(20(4)30-35-25)36(33,34)31-13-5-6-22(16-31)27(32)29-23-11-9-19(3)24(28)15-23/h7-12,14-15,22H,5-6,13,16H2,1-4H3,(H,29,32)/b12-10+/t22-/m1/s1. The third-order valence-electron chi connectivity index (χ3n) is 6.47. The maximum atomic E-state index is 13.9. The molecule has 0 spiro atoms. The Hall–Kier alpha value is -3.30. The molecule has 0 saturated carbocycles. The molecule has 0 unspecified atom stereocenters. The molecule has 36 heavy (non-hydrogen) atoms. The van der Waals surface area contributed by atoms with E-state index in [2.05, 4.69) is 10.5 Å². The van der Waals surface area contributed by atoms with Crippen LogP contribution in [0.2, 0.25) is 0 Å². The lowest BCUT2D eigenvalue weighted by atomic mass is 9.98. The number of hydrogen-bond acceptors (Lipinski definition) is 5. The number of benzene rings is 2. The molecule has 0 bridgehead atoms. The average Bonchev–Trinajstić information content (AvgIpc) is 3.23. The number of halogens is 1. The SMILES string of the molecule is Cc1ccc(C)c(/C=C/c2onc(C)c2S(=O)(=O)N2CCC[C@@H](C(=O)Nc3ccc(C)c(F)c3)C2)c1. The first-order valence-electron chi connectivity index (χ1n) is 11.8. The predicted octanol–water partition coefficient (Wildman–Crippen LogP) is 5.26. The number of nitrogens with zero attached hydrogens (tertiary/aromatic N) is 2. The van der Waals surface area contributed by atoms with Crippen LogP contribution in [0.3, 0.4) is 0 Å². The Morgan fingerprint density at radius 2 is 1.86 bits per heavy atom. The summed E-state index contributed by atoms with van der Waals surface area (Å²) >= 11 is 0. The third kappa shape index (κ3) is 5.42. The van der Waals surface area contributed by atoms with E-state index in [0.29, 0.717) is 24.1 Å². The molecule has 0 aliphatic carbocycles. The number of hydrogen-bond donors (Lipinski definition) is 1. The molecular weight excluding hydrogens is 481 g/mol. The van der Waals surface area contributed by atoms with Crippen LogP contribution in [0.4, 0.5) is 10.1 Å². The first-order valence-corrected chi connectivity index (χ1v) is 13.3. The summed E-state index contributed by atoms with van der Waals surface area (Å²) in [4.78, 5) is 12.9. The summed E-state index contributed by atoms with van der Waals surface area (Å²) in [6.45, 7) is 7.51. The quantitative estimate of drug-likeness (QED) is 0.488. The van der Waals surface area contributed by atoms with E-state index in [1.807, 2.05) is 38.1 Å². The normalized spacial score (nSPS) is 17.0. The molecule has 9 heteroatoms. The van der Waals surface area contributed by atoms with Gasteiger partial charge in [0.2, 0.25) is 15.9 Å². The van der Waals surface area contributed by atoms with Gasteiger partial charge in [-0.3, -0.25) is 4.79 Å². The van der Waals surface area contributed by atoms with Crippen LogP contribution in [0.15, 0.2) is 45.8 Å². The number of amides is 1. The summed E-state index contributed by atoms with van der Waals surface area (Å²) in [6, 6.07) is 10.5. The van der Waals surface area contributed by atoms with Crippen LogP contribution in [0.1, 0.15) is 46.5 Å². The molecule has 190 valence electrons. The number of piperidine rings is 1. The molecule has 2 heterocycles. The molecule has 1 atom stereocenters. The summed E-state index contributed by atoms with van der Waals surface area (Å²) < 4.78 is 47.9. The second-order valence-electron chi connectivity index (χ2n) is 9.31. The van der Waals surface area contributed by atoms with E-state index in [4.69, 9.17) is 4.52 Å². The number of sulfonamides is 1. The Morgan fingerprint density at radius 1 is 1.11 bits per heavy atom. The van der Waals surface area contributed by atoms with Gasteiger partial charge in [0, 0.05) is 18.8 Å². The van der Waals surface area contributed by atoms with Crippen molar-refractivity contribution in [2.24, 2.45) is 5.92 Å². The smallest absolute Gasteiger partial charge is 0.248 e. The number of nitrogens with one attached hydrogen (secondary N) is 1. The van der Waals surface area contributed by atoms with Crippen LogP contribution in [0.5, 0.6) is 0 Å². The van der Waals surface area contributed by atoms with Crippen molar-refractivity contribution in [1.29, 1.82) is 0 Å². The molecule has 1 amide bonds. The molecule has 7 nitrogen and oxygen atoms in total. The second-order valence-corrected chi connectivity index (χ2v) is 11.2. The molecule has 1 aromatic heterocycles. The predicted molar refractivity (Wildman–Crippen MR) is 137 cm³/mol. The van der Waals surface area contributed by atoms with Gasteiger partial charge in [-0.2, -0.15) is 4.31 Å². The highest BCUT2D eigenvalue weighted by Gasteiger charge is 2.37. The van der Waals surface area contributed by atoms with Gasteiger partial charge >= 0.3 is 0 Å². The lowest BCUT2D eigenvalue weighted by Crippen LogP contribution is -2.43. The largest absolute Gasteiger partial charge is 0.355 e. The van der Waals surface area contributed by atoms with Gasteiger partial charge in [0.15, 0.2) is 10.7 Å². The van der Waals surface area contributed by atoms with Crippen LogP contribution in [0.25, 0.3) is 12.2 Å². The first-order chi connectivity index (χ1) is 17.1. The molecule has 1 fully saturated rings. The van der Waals surface area contributed by atoms with E-state index in [-0.39, 0.29) is 35.3 Å². The van der Waals surface area contributed by atoms with E-state index in [0.717, 1.165) is 16.7 Å². The highest BCUT2D eigenvalue weighted by atomic mass is 32.2. The van der Waals surface area contributed by atoms with Crippen molar-refractivity contribution in [1.82, 2.24) is 9.46 Å². The van der Waals surface area contributed by atoms with Crippen molar-refractivity contribution in [2.75, 3.05) is 18.4 Å². The molecule has 4 rings (SSSR count). The van der Waals surface area contributed by atoms with Gasteiger partial charge in [0.05, 0.1) is 5.92 Å². The van der Waals surface area contributed by atoms with Gasteiger partial charge in [0.25, 0.3) is 0 Å². The molecule has 1 aliphatic heterocycles. The summed E-state index contributed by atoms with van der Waals surface area (Å²) in [5.74, 6) is -1.16. The van der Waals surface area contributed by atoms with E-state index < -0.39 is 21.8 Å². The Bertz CT molecular complexity index is 1430. The van der Waals surface area contributed by atoms with Crippen LogP contribution >= 0.6 is 0 Å². The number of rotatable bonds is 6. The lowest BCUT2D eigenvalue weighted by Gasteiger charge is -2.31. The fourth-order valence-corrected chi connectivity index (χ4v) is 6.10. The lowest BCUT2D eigenvalue weighted by molar-refractivity contribution is -0.120. The number of carbonyl (C=O) groups excluding carboxylic acids is 1. The van der Waals surface area contributed by atoms with E-state index in [1.54, 1.807) is 32.1 Å². The van der Waals surface area contributed by atoms with Crippen molar-refractivity contribution in [3.05, 3.63) is 75.9 Å². The first kappa shape index (κ1) is 25.8. The third-order valence-corrected chi connectivity index (χ3v) is 8.50. The van der Waals surface area contributed by atoms with Crippen LogP contribution in [0, 0.1) is 39.4 Å². The number of anilines is 1. The summed E-state index contributed by atoms with van der Waals surface area (Å²) in [5, 5.41) is 6.62. The van der Waals surface area contributed by atoms with Crippen LogP contribution in [-0.2, 0) is 14.8 Å². The van der Waals surface area contributed by atoms with Crippen molar-refractivity contribution < 1.29 is 22.1 Å². The monoisotopic (exact) mass is 511 g/mol. The highest BCUT2D eigenvalue weighted by Crippen LogP contribution is 2.30. The number of carbonyl (C=O) groups is 1. The Balaban J connectivity index is 1.54. The Labute approximate surface area is 211 Å². The molecular formula is C27H30FN3O4S. The van der Waals surface area contributed by atoms with Gasteiger partial charge in [-0.05, 0) is 75.4 Å². The molecule has 1 aliphatic rings. The minimum atomic E-state index is -3.97. The average molecular weight is 512 g/mol. The Morgan fingerprint density at radius 3 is 2.61 bits per heavy atom. The Kier molecular flexibility index (Phi) is 7.42. The van der Waals surface area contributed by atoms with E-state index in [9.17, 15) is 17.6 Å². The van der Waals surface area contributed by atoms with Gasteiger partial charge in [0.1, 0.15) is 11.5 Å². The molecule has 3 aromatic rings. The van der Waals surface area contributed by atoms with Crippen molar-refractivity contribution in [3.8, 4) is 0 Å². The zero-order valence-electron chi connectivity index (χ0n) is 20.8. The second kappa shape index (κ2) is 10.4. The minimum Gasteiger partial charge on any atom is -0.355 e. The van der Waals surface area contributed by atoms with Crippen molar-refractivity contribution in [3.63, 3.8) is 0 Å². The van der Waals surface area contributed by atoms with Gasteiger partial charge in [-0.25, -0.2) is 12.8 Å². The maximum absolute atomic E-state index is 13.9. The molecule has 1 N–H and O–H groups in total. The number of aromatic nitrogens is 1. The zero-order chi connectivity index (χ0) is 26.0. The van der Waals surface area contributed by atoms with E-state index in [1.165, 1.54) is 10.4 Å². The summed E-state index contributed by atoms with van der Waals surface area (Å²) in [6.07, 6.45) is 4.50. The highest BCUT2D eigenvalue weighted by molar-refractivity contribution is 7.89. The van der Waals surface area contributed by atoms with Crippen LogP contribution < -0.4 is 5.32 Å². The minimum absolute atomic E-state index is 0.00530. The fraction of sp³-hybridized carbons (Fsp3) is 0.333. The van der Waals surface area contributed by atoms with Gasteiger partial charge < -0.3 is 9.84 Å². The molecule has 0 radical (unpaired) electrons. The topological polar surface area (TPSA) is 92.5 Å². The fourth-order valence-electron chi connectivity index (χ4n) is 4.32.